The molecule has 1 aromatic carbocycles. The minimum Gasteiger partial charge on any atom is -0.353 e. The smallest absolute Gasteiger partial charge is 0.253 e. The summed E-state index contributed by atoms with van der Waals surface area (Å²) in [4.78, 5) is 29.6. The Kier molecular flexibility index (Phi) is 6.41. The van der Waals surface area contributed by atoms with Crippen LogP contribution in [0.2, 0.25) is 0 Å². The van der Waals surface area contributed by atoms with E-state index in [0.29, 0.717) is 29.3 Å². The van der Waals surface area contributed by atoms with Crippen LogP contribution in [0.1, 0.15) is 61.7 Å². The quantitative estimate of drug-likeness (QED) is 0.776. The fraction of sp³-hybridized carbons (Fsp3) is 0.458. The summed E-state index contributed by atoms with van der Waals surface area (Å²) in [6, 6.07) is 9.97. The Morgan fingerprint density at radius 1 is 0.933 bits per heavy atom. The summed E-state index contributed by atoms with van der Waals surface area (Å²) in [5, 5.41) is 6.25. The molecule has 5 nitrogen and oxygen atoms in total. The first-order valence-corrected chi connectivity index (χ1v) is 10.9. The Morgan fingerprint density at radius 3 is 2.47 bits per heavy atom. The molecule has 1 heterocycles. The predicted molar refractivity (Wildman–Crippen MR) is 113 cm³/mol. The number of hydrogen-bond acceptors (Lipinski definition) is 3. The van der Waals surface area contributed by atoms with Gasteiger partial charge in [-0.25, -0.2) is 4.39 Å². The van der Waals surface area contributed by atoms with E-state index in [1.807, 2.05) is 0 Å². The monoisotopic (exact) mass is 409 g/mol. The van der Waals surface area contributed by atoms with Gasteiger partial charge in [0.15, 0.2) is 0 Å². The fourth-order valence-corrected chi connectivity index (χ4v) is 4.56. The van der Waals surface area contributed by atoms with Crippen LogP contribution in [0.4, 0.5) is 4.39 Å². The molecule has 30 heavy (non-hydrogen) atoms. The van der Waals surface area contributed by atoms with E-state index in [1.54, 1.807) is 24.3 Å². The zero-order valence-corrected chi connectivity index (χ0v) is 17.1. The van der Waals surface area contributed by atoms with Crippen LogP contribution in [0.15, 0.2) is 42.6 Å². The second-order valence-electron chi connectivity index (χ2n) is 8.47. The molecule has 2 aromatic rings. The van der Waals surface area contributed by atoms with Gasteiger partial charge in [0.25, 0.3) is 5.91 Å². The molecule has 2 fully saturated rings. The van der Waals surface area contributed by atoms with Crippen LogP contribution in [-0.2, 0) is 4.79 Å². The number of aromatic nitrogens is 1. The van der Waals surface area contributed by atoms with E-state index in [-0.39, 0.29) is 29.6 Å². The molecule has 2 atom stereocenters. The summed E-state index contributed by atoms with van der Waals surface area (Å²) in [6.45, 7) is 0. The standard InChI is InChI=1S/C24H28FN3O2/c25-19-7-3-5-16(13-19)22-12-11-18(15-26-22)24(30)28-21-10-4-6-17(14-21)23(29)27-20-8-1-2-9-20/h3,5,7,11-13,15,17,20-21H,1-2,4,6,8-10,14H2,(H,27,29)(H,28,30)/t17-,21+/m0/s1. The molecule has 0 aliphatic heterocycles. The summed E-state index contributed by atoms with van der Waals surface area (Å²) >= 11 is 0. The van der Waals surface area contributed by atoms with Crippen molar-refractivity contribution >= 4 is 11.8 Å². The number of halogens is 1. The van der Waals surface area contributed by atoms with Crippen molar-refractivity contribution in [3.8, 4) is 11.3 Å². The van der Waals surface area contributed by atoms with Gasteiger partial charge in [-0.15, -0.1) is 0 Å². The zero-order chi connectivity index (χ0) is 20.9. The number of amides is 2. The van der Waals surface area contributed by atoms with E-state index >= 15 is 0 Å². The average Bonchev–Trinajstić information content (AvgIpc) is 3.27. The summed E-state index contributed by atoms with van der Waals surface area (Å²) < 4.78 is 13.4. The molecule has 0 bridgehead atoms. The Hall–Kier alpha value is -2.76. The molecule has 0 saturated heterocycles. The summed E-state index contributed by atoms with van der Waals surface area (Å²) in [5.74, 6) is -0.393. The fourth-order valence-electron chi connectivity index (χ4n) is 4.56. The van der Waals surface area contributed by atoms with Gasteiger partial charge in [0.2, 0.25) is 5.91 Å². The Labute approximate surface area is 176 Å². The van der Waals surface area contributed by atoms with Gasteiger partial charge >= 0.3 is 0 Å². The van der Waals surface area contributed by atoms with E-state index in [0.717, 1.165) is 32.1 Å². The maximum atomic E-state index is 13.4. The number of nitrogens with zero attached hydrogens (tertiary/aromatic N) is 1. The first kappa shape index (κ1) is 20.5. The molecule has 2 N–H and O–H groups in total. The highest BCUT2D eigenvalue weighted by molar-refractivity contribution is 5.94. The topological polar surface area (TPSA) is 71.1 Å². The van der Waals surface area contributed by atoms with E-state index in [9.17, 15) is 14.0 Å². The van der Waals surface area contributed by atoms with Gasteiger partial charge in [-0.2, -0.15) is 0 Å². The van der Waals surface area contributed by atoms with Gasteiger partial charge in [-0.1, -0.05) is 31.4 Å². The lowest BCUT2D eigenvalue weighted by Gasteiger charge is -2.30. The summed E-state index contributed by atoms with van der Waals surface area (Å²) in [6.07, 6.45) is 9.45. The van der Waals surface area contributed by atoms with Crippen molar-refractivity contribution in [2.45, 2.75) is 63.5 Å². The first-order valence-electron chi connectivity index (χ1n) is 10.9. The number of nitrogens with one attached hydrogen (secondary N) is 2. The maximum absolute atomic E-state index is 13.4. The van der Waals surface area contributed by atoms with Gasteiger partial charge in [0, 0.05) is 29.8 Å². The van der Waals surface area contributed by atoms with Crippen molar-refractivity contribution in [2.75, 3.05) is 0 Å². The van der Waals surface area contributed by atoms with Crippen molar-refractivity contribution in [3.63, 3.8) is 0 Å². The van der Waals surface area contributed by atoms with E-state index in [2.05, 4.69) is 15.6 Å². The van der Waals surface area contributed by atoms with E-state index in [4.69, 9.17) is 0 Å². The number of rotatable bonds is 5. The summed E-state index contributed by atoms with van der Waals surface area (Å²) in [7, 11) is 0. The largest absolute Gasteiger partial charge is 0.353 e. The third-order valence-corrected chi connectivity index (χ3v) is 6.23. The SMILES string of the molecule is O=C(N[C@@H]1CCC[C@H](C(=O)NC2CCCC2)C1)c1ccc(-c2cccc(F)c2)nc1. The predicted octanol–water partition coefficient (Wildman–Crippen LogP) is 4.24. The lowest BCUT2D eigenvalue weighted by Crippen LogP contribution is -2.44. The van der Waals surface area contributed by atoms with Crippen molar-refractivity contribution in [1.29, 1.82) is 0 Å². The third kappa shape index (κ3) is 5.04. The minimum absolute atomic E-state index is 0.00604. The van der Waals surface area contributed by atoms with Crippen molar-refractivity contribution in [2.24, 2.45) is 5.92 Å². The third-order valence-electron chi connectivity index (χ3n) is 6.23. The second-order valence-corrected chi connectivity index (χ2v) is 8.47. The van der Waals surface area contributed by atoms with Crippen LogP contribution in [0.25, 0.3) is 11.3 Å². The van der Waals surface area contributed by atoms with Gasteiger partial charge in [-0.3, -0.25) is 14.6 Å². The lowest BCUT2D eigenvalue weighted by molar-refractivity contribution is -0.126. The molecular formula is C24H28FN3O2. The molecule has 6 heteroatoms. The summed E-state index contributed by atoms with van der Waals surface area (Å²) in [5.41, 5.74) is 1.76. The molecule has 0 unspecified atom stereocenters. The molecule has 158 valence electrons. The van der Waals surface area contributed by atoms with Gasteiger partial charge in [0.05, 0.1) is 11.3 Å². The molecular weight excluding hydrogens is 381 g/mol. The number of pyridine rings is 1. The number of carbonyl (C=O) groups is 2. The first-order chi connectivity index (χ1) is 14.6. The second kappa shape index (κ2) is 9.37. The van der Waals surface area contributed by atoms with Crippen LogP contribution >= 0.6 is 0 Å². The number of carbonyl (C=O) groups excluding carboxylic acids is 2. The van der Waals surface area contributed by atoms with E-state index in [1.165, 1.54) is 31.2 Å². The molecule has 2 aliphatic rings. The highest BCUT2D eigenvalue weighted by atomic mass is 19.1. The lowest BCUT2D eigenvalue weighted by atomic mass is 9.84. The number of benzene rings is 1. The van der Waals surface area contributed by atoms with Crippen molar-refractivity contribution in [1.82, 2.24) is 15.6 Å². The van der Waals surface area contributed by atoms with Gasteiger partial charge in [0.1, 0.15) is 5.82 Å². The Bertz CT molecular complexity index is 894. The van der Waals surface area contributed by atoms with Crippen molar-refractivity contribution < 1.29 is 14.0 Å². The molecule has 2 saturated carbocycles. The maximum Gasteiger partial charge on any atom is 0.253 e. The molecule has 4 rings (SSSR count). The Morgan fingerprint density at radius 2 is 1.73 bits per heavy atom. The number of hydrogen-bond donors (Lipinski definition) is 2. The average molecular weight is 410 g/mol. The van der Waals surface area contributed by atoms with Gasteiger partial charge < -0.3 is 10.6 Å². The zero-order valence-electron chi connectivity index (χ0n) is 17.1. The van der Waals surface area contributed by atoms with Crippen LogP contribution in [-0.4, -0.2) is 28.9 Å². The Balaban J connectivity index is 1.33. The van der Waals surface area contributed by atoms with Crippen LogP contribution < -0.4 is 10.6 Å². The molecule has 2 aliphatic carbocycles. The molecule has 0 radical (unpaired) electrons. The van der Waals surface area contributed by atoms with Crippen molar-refractivity contribution in [3.05, 3.63) is 54.0 Å². The normalized spacial score (nSPS) is 21.9. The highest BCUT2D eigenvalue weighted by Crippen LogP contribution is 2.26. The minimum atomic E-state index is -0.319. The van der Waals surface area contributed by atoms with Crippen LogP contribution in [0.3, 0.4) is 0 Å². The van der Waals surface area contributed by atoms with Crippen LogP contribution in [0.5, 0.6) is 0 Å². The molecule has 1 aromatic heterocycles. The van der Waals surface area contributed by atoms with Gasteiger partial charge in [-0.05, 0) is 56.4 Å². The molecule has 0 spiro atoms. The van der Waals surface area contributed by atoms with Crippen LogP contribution in [0, 0.1) is 11.7 Å². The van der Waals surface area contributed by atoms with E-state index < -0.39 is 0 Å². The molecule has 2 amide bonds. The highest BCUT2D eigenvalue weighted by Gasteiger charge is 2.30.